The lowest BCUT2D eigenvalue weighted by Gasteiger charge is -1.99. The first-order chi connectivity index (χ1) is 9.83. The van der Waals surface area contributed by atoms with Gasteiger partial charge in [0.15, 0.2) is 0 Å². The quantitative estimate of drug-likeness (QED) is 0.583. The van der Waals surface area contributed by atoms with Crippen LogP contribution in [0.1, 0.15) is 12.6 Å². The molecule has 0 aliphatic heterocycles. The van der Waals surface area contributed by atoms with E-state index in [1.807, 2.05) is 41.9 Å². The molecule has 3 aromatic rings. The van der Waals surface area contributed by atoms with Crippen molar-refractivity contribution >= 4 is 33.5 Å². The van der Waals surface area contributed by atoms with E-state index in [0.717, 1.165) is 22.2 Å². The highest BCUT2D eigenvalue weighted by Gasteiger charge is 2.05. The van der Waals surface area contributed by atoms with Crippen molar-refractivity contribution in [1.82, 2.24) is 9.97 Å². The van der Waals surface area contributed by atoms with Crippen LogP contribution < -0.4 is 5.43 Å². The first kappa shape index (κ1) is 13.0. The summed E-state index contributed by atoms with van der Waals surface area (Å²) in [6.07, 6.45) is 1.76. The van der Waals surface area contributed by atoms with E-state index in [4.69, 9.17) is 0 Å². The highest BCUT2D eigenvalue weighted by Crippen LogP contribution is 2.28. The van der Waals surface area contributed by atoms with E-state index in [0.29, 0.717) is 0 Å². The molecule has 0 saturated carbocycles. The number of aromatic nitrogens is 2. The van der Waals surface area contributed by atoms with Gasteiger partial charge in [0.2, 0.25) is 5.13 Å². The summed E-state index contributed by atoms with van der Waals surface area (Å²) >= 11 is 3.22. The molecule has 0 fully saturated rings. The summed E-state index contributed by atoms with van der Waals surface area (Å²) in [6, 6.07) is 9.85. The number of hydrazone groups is 1. The van der Waals surface area contributed by atoms with Crippen LogP contribution in [-0.4, -0.2) is 15.7 Å². The Morgan fingerprint density at radius 2 is 2.15 bits per heavy atom. The number of rotatable bonds is 4. The molecule has 3 aromatic heterocycles. The molecule has 1 N–H and O–H groups in total. The van der Waals surface area contributed by atoms with E-state index in [1.54, 1.807) is 28.9 Å². The van der Waals surface area contributed by atoms with Crippen LogP contribution in [0.4, 0.5) is 5.13 Å². The predicted octanol–water partition coefficient (Wildman–Crippen LogP) is 4.10. The first-order valence-corrected chi connectivity index (χ1v) is 7.80. The van der Waals surface area contributed by atoms with Gasteiger partial charge in [0.05, 0.1) is 22.0 Å². The Labute approximate surface area is 124 Å². The molecule has 100 valence electrons. The largest absolute Gasteiger partial charge is 0.255 e. The standard InChI is InChI=1S/C14H12N4S2/c1-10(11-5-2-3-7-15-11)17-18-14-16-12(9-20-14)13-6-4-8-19-13/h2-9H,1H3,(H,16,18)/b17-10-. The summed E-state index contributed by atoms with van der Waals surface area (Å²) in [5.74, 6) is 0. The minimum Gasteiger partial charge on any atom is -0.255 e. The molecule has 0 aliphatic rings. The van der Waals surface area contributed by atoms with E-state index in [-0.39, 0.29) is 0 Å². The summed E-state index contributed by atoms with van der Waals surface area (Å²) in [7, 11) is 0. The van der Waals surface area contributed by atoms with Crippen LogP contribution in [0.3, 0.4) is 0 Å². The lowest BCUT2D eigenvalue weighted by molar-refractivity contribution is 1.23. The molecule has 0 atom stereocenters. The van der Waals surface area contributed by atoms with Crippen molar-refractivity contribution in [2.45, 2.75) is 6.92 Å². The second-order valence-electron chi connectivity index (χ2n) is 4.04. The van der Waals surface area contributed by atoms with Gasteiger partial charge >= 0.3 is 0 Å². The number of pyridine rings is 1. The van der Waals surface area contributed by atoms with Crippen LogP contribution >= 0.6 is 22.7 Å². The minimum atomic E-state index is 0.781. The van der Waals surface area contributed by atoms with Crippen molar-refractivity contribution in [1.29, 1.82) is 0 Å². The van der Waals surface area contributed by atoms with Gasteiger partial charge in [0.25, 0.3) is 0 Å². The summed E-state index contributed by atoms with van der Waals surface area (Å²) < 4.78 is 0. The molecule has 3 heterocycles. The third-order valence-corrected chi connectivity index (χ3v) is 4.27. The number of hydrogen-bond acceptors (Lipinski definition) is 6. The number of nitrogens with zero attached hydrogens (tertiary/aromatic N) is 3. The van der Waals surface area contributed by atoms with Crippen molar-refractivity contribution in [2.75, 3.05) is 5.43 Å². The van der Waals surface area contributed by atoms with E-state index < -0.39 is 0 Å². The zero-order valence-corrected chi connectivity index (χ0v) is 12.4. The van der Waals surface area contributed by atoms with Crippen LogP contribution in [0, 0.1) is 0 Å². The molecule has 3 rings (SSSR count). The van der Waals surface area contributed by atoms with E-state index in [1.165, 1.54) is 4.88 Å². The zero-order valence-electron chi connectivity index (χ0n) is 10.8. The summed E-state index contributed by atoms with van der Waals surface area (Å²) in [5.41, 5.74) is 5.66. The predicted molar refractivity (Wildman–Crippen MR) is 85.5 cm³/mol. The summed E-state index contributed by atoms with van der Waals surface area (Å²) in [4.78, 5) is 9.93. The molecule has 4 nitrogen and oxygen atoms in total. The smallest absolute Gasteiger partial charge is 0.203 e. The van der Waals surface area contributed by atoms with E-state index >= 15 is 0 Å². The van der Waals surface area contributed by atoms with E-state index in [9.17, 15) is 0 Å². The van der Waals surface area contributed by atoms with Crippen LogP contribution in [-0.2, 0) is 0 Å². The fraction of sp³-hybridized carbons (Fsp3) is 0.0714. The van der Waals surface area contributed by atoms with Crippen molar-refractivity contribution in [3.8, 4) is 10.6 Å². The molecule has 0 radical (unpaired) electrons. The molecule has 20 heavy (non-hydrogen) atoms. The maximum atomic E-state index is 4.51. The SMILES string of the molecule is C/C(=N/Nc1nc(-c2cccs2)cs1)c1ccccn1. The first-order valence-electron chi connectivity index (χ1n) is 6.04. The van der Waals surface area contributed by atoms with Crippen LogP contribution in [0.2, 0.25) is 0 Å². The second-order valence-corrected chi connectivity index (χ2v) is 5.84. The fourth-order valence-corrected chi connectivity index (χ4v) is 3.04. The van der Waals surface area contributed by atoms with Gasteiger partial charge in [-0.3, -0.25) is 10.4 Å². The minimum absolute atomic E-state index is 0.781. The highest BCUT2D eigenvalue weighted by molar-refractivity contribution is 7.15. The van der Waals surface area contributed by atoms with Gasteiger partial charge in [0, 0.05) is 11.6 Å². The molecule has 0 spiro atoms. The van der Waals surface area contributed by atoms with Crippen LogP contribution in [0.15, 0.2) is 52.4 Å². The molecule has 6 heteroatoms. The lowest BCUT2D eigenvalue weighted by Crippen LogP contribution is -2.01. The average molecular weight is 300 g/mol. The summed E-state index contributed by atoms with van der Waals surface area (Å²) in [5, 5.41) is 9.17. The fourth-order valence-electron chi connectivity index (χ4n) is 1.63. The van der Waals surface area contributed by atoms with E-state index in [2.05, 4.69) is 26.6 Å². The third kappa shape index (κ3) is 2.92. The van der Waals surface area contributed by atoms with Gasteiger partial charge in [-0.05, 0) is 30.5 Å². The second kappa shape index (κ2) is 5.94. The molecule has 0 unspecified atom stereocenters. The molecule has 0 aliphatic carbocycles. The molecule has 0 aromatic carbocycles. The Morgan fingerprint density at radius 1 is 1.20 bits per heavy atom. The van der Waals surface area contributed by atoms with Gasteiger partial charge in [0.1, 0.15) is 0 Å². The number of thiophene rings is 1. The normalized spacial score (nSPS) is 11.6. The highest BCUT2D eigenvalue weighted by atomic mass is 32.1. The molecule has 0 bridgehead atoms. The lowest BCUT2D eigenvalue weighted by atomic mass is 10.3. The van der Waals surface area contributed by atoms with Gasteiger partial charge in [-0.1, -0.05) is 12.1 Å². The monoisotopic (exact) mass is 300 g/mol. The Hall–Kier alpha value is -2.05. The number of nitrogens with one attached hydrogen (secondary N) is 1. The van der Waals surface area contributed by atoms with Crippen molar-refractivity contribution in [3.05, 3.63) is 53.0 Å². The van der Waals surface area contributed by atoms with Gasteiger partial charge in [-0.2, -0.15) is 5.10 Å². The number of anilines is 1. The topological polar surface area (TPSA) is 50.2 Å². The molecule has 0 saturated heterocycles. The Balaban J connectivity index is 1.73. The molecular weight excluding hydrogens is 288 g/mol. The Morgan fingerprint density at radius 3 is 2.90 bits per heavy atom. The van der Waals surface area contributed by atoms with Crippen LogP contribution in [0.5, 0.6) is 0 Å². The molecular formula is C14H12N4S2. The van der Waals surface area contributed by atoms with Crippen molar-refractivity contribution in [2.24, 2.45) is 5.10 Å². The Bertz CT molecular complexity index is 702. The number of hydrogen-bond donors (Lipinski definition) is 1. The summed E-state index contributed by atoms with van der Waals surface area (Å²) in [6.45, 7) is 1.92. The van der Waals surface area contributed by atoms with Gasteiger partial charge in [-0.25, -0.2) is 4.98 Å². The maximum Gasteiger partial charge on any atom is 0.203 e. The maximum absolute atomic E-state index is 4.51. The number of thiazole rings is 1. The van der Waals surface area contributed by atoms with Crippen LogP contribution in [0.25, 0.3) is 10.6 Å². The van der Waals surface area contributed by atoms with Crippen molar-refractivity contribution in [3.63, 3.8) is 0 Å². The van der Waals surface area contributed by atoms with Gasteiger partial charge < -0.3 is 0 Å². The Kier molecular flexibility index (Phi) is 3.85. The average Bonchev–Trinajstić information content (AvgIpc) is 3.16. The molecule has 0 amide bonds. The third-order valence-electron chi connectivity index (χ3n) is 2.63. The zero-order chi connectivity index (χ0) is 13.8. The van der Waals surface area contributed by atoms with Gasteiger partial charge in [-0.15, -0.1) is 22.7 Å². The van der Waals surface area contributed by atoms with Crippen molar-refractivity contribution < 1.29 is 0 Å².